The zero-order valence-electron chi connectivity index (χ0n) is 23.5. The number of alkyl halides is 2. The van der Waals surface area contributed by atoms with Crippen LogP contribution < -0.4 is 10.2 Å². The van der Waals surface area contributed by atoms with E-state index in [0.717, 1.165) is 35.9 Å². The van der Waals surface area contributed by atoms with Gasteiger partial charge in [-0.3, -0.25) is 24.2 Å². The smallest absolute Gasteiger partial charge is 0.276 e. The number of anilines is 2. The van der Waals surface area contributed by atoms with Crippen LogP contribution >= 0.6 is 11.6 Å². The molecule has 4 aromatic rings. The number of carbonyl (C=O) groups excluding carboxylic acids is 2. The molecule has 0 bridgehead atoms. The van der Waals surface area contributed by atoms with Crippen LogP contribution in [-0.4, -0.2) is 43.1 Å². The molecule has 1 N–H and O–H groups in total. The number of piperidine rings is 1. The van der Waals surface area contributed by atoms with Crippen LogP contribution in [0.5, 0.6) is 0 Å². The van der Waals surface area contributed by atoms with Crippen LogP contribution in [0.15, 0.2) is 43.0 Å². The Balaban J connectivity index is 1.22. The Bertz CT molecular complexity index is 1760. The van der Waals surface area contributed by atoms with Gasteiger partial charge in [0.1, 0.15) is 5.82 Å². The fourth-order valence-electron chi connectivity index (χ4n) is 5.51. The molecule has 2 aliphatic rings. The molecule has 13 heteroatoms. The average Bonchev–Trinajstić information content (AvgIpc) is 3.49. The molecule has 0 spiro atoms. The number of fused-ring (bicyclic) bond motifs is 1. The van der Waals surface area contributed by atoms with E-state index >= 15 is 0 Å². The van der Waals surface area contributed by atoms with Gasteiger partial charge < -0.3 is 5.32 Å². The van der Waals surface area contributed by atoms with E-state index in [-0.39, 0.29) is 34.3 Å². The van der Waals surface area contributed by atoms with Crippen molar-refractivity contribution in [3.05, 3.63) is 81.9 Å². The molecule has 1 saturated carbocycles. The molecule has 2 fully saturated rings. The number of benzene rings is 1. The molecular weight excluding hydrogens is 583 g/mol. The summed E-state index contributed by atoms with van der Waals surface area (Å²) in [6, 6.07) is 3.79. The van der Waals surface area contributed by atoms with E-state index in [1.165, 1.54) is 6.20 Å². The van der Waals surface area contributed by atoms with E-state index in [1.807, 2.05) is 19.9 Å². The van der Waals surface area contributed by atoms with E-state index in [4.69, 9.17) is 11.6 Å². The summed E-state index contributed by atoms with van der Waals surface area (Å²) >= 11 is 5.86. The maximum absolute atomic E-state index is 14.9. The second kappa shape index (κ2) is 11.1. The molecule has 3 aromatic heterocycles. The quantitative estimate of drug-likeness (QED) is 0.256. The Hall–Kier alpha value is -4.32. The molecule has 2 amide bonds. The number of rotatable bonds is 8. The molecule has 6 rings (SSSR count). The molecule has 4 heterocycles. The van der Waals surface area contributed by atoms with Gasteiger partial charge in [0.25, 0.3) is 12.3 Å². The van der Waals surface area contributed by atoms with Crippen LogP contribution in [0.4, 0.5) is 24.7 Å². The minimum atomic E-state index is -3.00. The maximum atomic E-state index is 14.9. The van der Waals surface area contributed by atoms with Gasteiger partial charge in [0, 0.05) is 36.0 Å². The number of nitrogens with one attached hydrogen (secondary N) is 1. The SMILES string of the molecule is CCc1ncc(-c2c(C(F)F)ccc(Cl)c2F)nc1C(=O)Nc1cnn(C(C)c2cnc(N3C[C@H]4C[C@H]4C3=O)c(C)c2)c1. The highest BCUT2D eigenvalue weighted by Crippen LogP contribution is 2.47. The van der Waals surface area contributed by atoms with Gasteiger partial charge in [0.05, 0.1) is 40.5 Å². The number of hydrogen-bond acceptors (Lipinski definition) is 6. The predicted octanol–water partition coefficient (Wildman–Crippen LogP) is 6.18. The van der Waals surface area contributed by atoms with E-state index in [2.05, 4.69) is 25.4 Å². The molecule has 9 nitrogen and oxygen atoms in total. The Morgan fingerprint density at radius 3 is 2.67 bits per heavy atom. The third-order valence-corrected chi connectivity index (χ3v) is 8.30. The van der Waals surface area contributed by atoms with Crippen molar-refractivity contribution >= 4 is 34.9 Å². The first kappa shape index (κ1) is 28.8. The Labute approximate surface area is 250 Å². The van der Waals surface area contributed by atoms with Crippen molar-refractivity contribution < 1.29 is 22.8 Å². The Kier molecular flexibility index (Phi) is 7.41. The number of aromatic nitrogens is 5. The lowest BCUT2D eigenvalue weighted by atomic mass is 10.0. The first-order valence-corrected chi connectivity index (χ1v) is 14.2. The maximum Gasteiger partial charge on any atom is 0.276 e. The molecule has 1 saturated heterocycles. The molecule has 222 valence electrons. The second-order valence-corrected chi connectivity index (χ2v) is 11.2. The van der Waals surface area contributed by atoms with E-state index in [9.17, 15) is 22.8 Å². The van der Waals surface area contributed by atoms with Gasteiger partial charge in [-0.2, -0.15) is 5.10 Å². The summed E-state index contributed by atoms with van der Waals surface area (Å²) in [5.41, 5.74) is 0.930. The minimum Gasteiger partial charge on any atom is -0.318 e. The number of carbonyl (C=O) groups is 2. The first-order valence-electron chi connectivity index (χ1n) is 13.8. The zero-order chi connectivity index (χ0) is 30.6. The van der Waals surface area contributed by atoms with Crippen molar-refractivity contribution in [3.8, 4) is 11.3 Å². The molecular formula is C30H27ClF3N7O2. The van der Waals surface area contributed by atoms with Crippen molar-refractivity contribution in [2.45, 2.75) is 46.1 Å². The summed E-state index contributed by atoms with van der Waals surface area (Å²) in [7, 11) is 0. The van der Waals surface area contributed by atoms with Gasteiger partial charge in [0.2, 0.25) is 5.91 Å². The van der Waals surface area contributed by atoms with Crippen LogP contribution in [-0.2, 0) is 11.2 Å². The first-order chi connectivity index (χ1) is 20.6. The van der Waals surface area contributed by atoms with Crippen molar-refractivity contribution in [2.75, 3.05) is 16.8 Å². The molecule has 43 heavy (non-hydrogen) atoms. The minimum absolute atomic E-state index is 0.134. The highest BCUT2D eigenvalue weighted by Gasteiger charge is 2.53. The van der Waals surface area contributed by atoms with Crippen LogP contribution in [0, 0.1) is 24.6 Å². The van der Waals surface area contributed by atoms with Crippen molar-refractivity contribution in [3.63, 3.8) is 0 Å². The van der Waals surface area contributed by atoms with Gasteiger partial charge in [0.15, 0.2) is 11.5 Å². The summed E-state index contributed by atoms with van der Waals surface area (Å²) in [5.74, 6) is -0.319. The Morgan fingerprint density at radius 2 is 2.00 bits per heavy atom. The highest BCUT2D eigenvalue weighted by atomic mass is 35.5. The fourth-order valence-corrected chi connectivity index (χ4v) is 5.67. The third-order valence-electron chi connectivity index (χ3n) is 8.01. The average molecular weight is 610 g/mol. The summed E-state index contributed by atoms with van der Waals surface area (Å²) in [6.07, 6.45) is 4.27. The van der Waals surface area contributed by atoms with Gasteiger partial charge in [-0.15, -0.1) is 0 Å². The summed E-state index contributed by atoms with van der Waals surface area (Å²) in [4.78, 5) is 40.6. The van der Waals surface area contributed by atoms with Crippen LogP contribution in [0.25, 0.3) is 11.3 Å². The van der Waals surface area contributed by atoms with Crippen molar-refractivity contribution in [1.29, 1.82) is 0 Å². The van der Waals surface area contributed by atoms with Crippen molar-refractivity contribution in [1.82, 2.24) is 24.7 Å². The lowest BCUT2D eigenvalue weighted by Gasteiger charge is -2.21. The largest absolute Gasteiger partial charge is 0.318 e. The molecule has 1 aliphatic carbocycles. The second-order valence-electron chi connectivity index (χ2n) is 10.8. The standard InChI is InChI=1S/C30H27ClF3N7O2/c1-4-22-26(39-23(11-35-22)24-19(27(33)34)5-6-21(31)25(24)32)29(42)38-18-10-37-41(13-18)15(3)16-7-14(2)28(36-9-16)40-12-17-8-20(17)30(40)43/h5-7,9-11,13,15,17,20,27H,4,8,12H2,1-3H3,(H,38,42)/t15?,17-,20-/m1/s1. The molecule has 0 radical (unpaired) electrons. The monoisotopic (exact) mass is 609 g/mol. The summed E-state index contributed by atoms with van der Waals surface area (Å²) in [5, 5.41) is 6.75. The van der Waals surface area contributed by atoms with E-state index in [1.54, 1.807) is 28.9 Å². The predicted molar refractivity (Wildman–Crippen MR) is 154 cm³/mol. The van der Waals surface area contributed by atoms with Gasteiger partial charge in [-0.25, -0.2) is 23.1 Å². The van der Waals surface area contributed by atoms with Crippen LogP contribution in [0.2, 0.25) is 5.02 Å². The van der Waals surface area contributed by atoms with Gasteiger partial charge in [-0.05, 0) is 55.9 Å². The zero-order valence-corrected chi connectivity index (χ0v) is 24.2. The molecule has 3 atom stereocenters. The lowest BCUT2D eigenvalue weighted by Crippen LogP contribution is -2.29. The molecule has 1 unspecified atom stereocenters. The third kappa shape index (κ3) is 5.24. The highest BCUT2D eigenvalue weighted by molar-refractivity contribution is 6.31. The van der Waals surface area contributed by atoms with Crippen LogP contribution in [0.1, 0.15) is 65.6 Å². The fraction of sp³-hybridized carbons (Fsp3) is 0.333. The Morgan fingerprint density at radius 1 is 1.21 bits per heavy atom. The number of amides is 2. The lowest BCUT2D eigenvalue weighted by molar-refractivity contribution is -0.118. The summed E-state index contributed by atoms with van der Waals surface area (Å²) < 4.78 is 43.9. The van der Waals surface area contributed by atoms with Crippen molar-refractivity contribution in [2.24, 2.45) is 11.8 Å². The normalized spacial score (nSPS) is 18.2. The molecule has 1 aromatic carbocycles. The van der Waals surface area contributed by atoms with Crippen LogP contribution in [0.3, 0.4) is 0 Å². The van der Waals surface area contributed by atoms with E-state index in [0.29, 0.717) is 36.1 Å². The number of aryl methyl sites for hydroxylation is 2. The number of nitrogens with zero attached hydrogens (tertiary/aromatic N) is 6. The van der Waals surface area contributed by atoms with Gasteiger partial charge in [-0.1, -0.05) is 24.6 Å². The summed E-state index contributed by atoms with van der Waals surface area (Å²) in [6.45, 7) is 6.32. The van der Waals surface area contributed by atoms with Gasteiger partial charge >= 0.3 is 0 Å². The number of halogens is 4. The van der Waals surface area contributed by atoms with E-state index < -0.39 is 29.3 Å². The number of hydrogen-bond donors (Lipinski definition) is 1. The molecule has 1 aliphatic heterocycles. The number of pyridine rings is 1. The topological polar surface area (TPSA) is 106 Å².